The van der Waals surface area contributed by atoms with Crippen molar-refractivity contribution in [3.05, 3.63) is 29.8 Å². The lowest BCUT2D eigenvalue weighted by Gasteiger charge is -2.19. The third-order valence-electron chi connectivity index (χ3n) is 3.19. The van der Waals surface area contributed by atoms with Crippen LogP contribution >= 0.6 is 12.4 Å². The molecule has 0 bridgehead atoms. The zero-order valence-corrected chi connectivity index (χ0v) is 11.8. The van der Waals surface area contributed by atoms with E-state index in [1.807, 2.05) is 0 Å². The van der Waals surface area contributed by atoms with Crippen molar-refractivity contribution in [2.75, 3.05) is 0 Å². The predicted octanol–water partition coefficient (Wildman–Crippen LogP) is 2.38. The van der Waals surface area contributed by atoms with E-state index in [-0.39, 0.29) is 24.1 Å². The summed E-state index contributed by atoms with van der Waals surface area (Å²) in [5, 5.41) is 2.72. The minimum atomic E-state index is -2.90. The van der Waals surface area contributed by atoms with Gasteiger partial charge in [0.15, 0.2) is 0 Å². The Morgan fingerprint density at radius 2 is 2.00 bits per heavy atom. The molecule has 0 heterocycles. The van der Waals surface area contributed by atoms with E-state index >= 15 is 0 Å². The van der Waals surface area contributed by atoms with E-state index in [0.717, 1.165) is 0 Å². The van der Waals surface area contributed by atoms with E-state index < -0.39 is 18.2 Å². The summed E-state index contributed by atoms with van der Waals surface area (Å²) >= 11 is 0. The molecule has 1 saturated carbocycles. The third kappa shape index (κ3) is 3.80. The van der Waals surface area contributed by atoms with Crippen molar-refractivity contribution in [2.24, 2.45) is 5.73 Å². The Bertz CT molecular complexity index is 481. The van der Waals surface area contributed by atoms with Gasteiger partial charge in [0.1, 0.15) is 5.75 Å². The first kappa shape index (κ1) is 16.7. The molecule has 0 aromatic heterocycles. The van der Waals surface area contributed by atoms with Gasteiger partial charge in [-0.15, -0.1) is 12.4 Å². The van der Waals surface area contributed by atoms with Crippen molar-refractivity contribution in [1.82, 2.24) is 5.32 Å². The van der Waals surface area contributed by atoms with Crippen LogP contribution in [-0.4, -0.2) is 18.1 Å². The smallest absolute Gasteiger partial charge is 0.387 e. The monoisotopic (exact) mass is 306 g/mol. The number of rotatable bonds is 5. The highest BCUT2D eigenvalue weighted by Crippen LogP contribution is 2.33. The van der Waals surface area contributed by atoms with Gasteiger partial charge in [-0.25, -0.2) is 0 Å². The molecular weight excluding hydrogens is 290 g/mol. The molecule has 1 fully saturated rings. The number of carbonyl (C=O) groups excluding carboxylic acids is 1. The van der Waals surface area contributed by atoms with E-state index in [1.165, 1.54) is 6.07 Å². The Hall–Kier alpha value is -1.40. The Morgan fingerprint density at radius 3 is 2.55 bits per heavy atom. The van der Waals surface area contributed by atoms with Gasteiger partial charge in [0.2, 0.25) is 5.91 Å². The number of alkyl halides is 2. The summed E-state index contributed by atoms with van der Waals surface area (Å²) in [5.74, 6) is -0.195. The molecule has 0 aliphatic heterocycles. The van der Waals surface area contributed by atoms with Crippen LogP contribution in [0.25, 0.3) is 0 Å². The summed E-state index contributed by atoms with van der Waals surface area (Å²) in [4.78, 5) is 11.8. The number of halogens is 3. The first-order valence-electron chi connectivity index (χ1n) is 6.06. The maximum atomic E-state index is 12.3. The van der Waals surface area contributed by atoms with Crippen molar-refractivity contribution < 1.29 is 18.3 Å². The second-order valence-corrected chi connectivity index (χ2v) is 4.77. The highest BCUT2D eigenvalue weighted by Gasteiger charge is 2.46. The standard InChI is InChI=1S/C13H16F2N2O2.ClH/c1-8(17-11(18)13(16)6-7-13)9-4-2-3-5-10(9)19-12(14)15;/h2-5,8,12H,6-7,16H2,1H3,(H,17,18);1H. The Kier molecular flexibility index (Phi) is 5.30. The van der Waals surface area contributed by atoms with E-state index in [4.69, 9.17) is 5.73 Å². The van der Waals surface area contributed by atoms with E-state index in [2.05, 4.69) is 10.1 Å². The number of carbonyl (C=O) groups is 1. The van der Waals surface area contributed by atoms with Crippen molar-refractivity contribution in [3.63, 3.8) is 0 Å². The fraction of sp³-hybridized carbons (Fsp3) is 0.462. The largest absolute Gasteiger partial charge is 0.434 e. The molecule has 1 unspecified atom stereocenters. The molecule has 1 aliphatic carbocycles. The van der Waals surface area contributed by atoms with Crippen molar-refractivity contribution in [2.45, 2.75) is 38.0 Å². The lowest BCUT2D eigenvalue weighted by atomic mass is 10.1. The number of hydrogen-bond acceptors (Lipinski definition) is 3. The fourth-order valence-corrected chi connectivity index (χ4v) is 1.82. The summed E-state index contributed by atoms with van der Waals surface area (Å²) in [6, 6.07) is 5.94. The molecule has 0 spiro atoms. The van der Waals surface area contributed by atoms with E-state index in [9.17, 15) is 13.6 Å². The van der Waals surface area contributed by atoms with Gasteiger partial charge in [0.05, 0.1) is 11.6 Å². The number of hydrogen-bond donors (Lipinski definition) is 2. The fourth-order valence-electron chi connectivity index (χ4n) is 1.82. The average Bonchev–Trinajstić information content (AvgIpc) is 3.08. The van der Waals surface area contributed by atoms with Crippen LogP contribution in [0.1, 0.15) is 31.4 Å². The van der Waals surface area contributed by atoms with Crippen molar-refractivity contribution in [1.29, 1.82) is 0 Å². The predicted molar refractivity (Wildman–Crippen MR) is 73.0 cm³/mol. The second kappa shape index (κ2) is 6.37. The van der Waals surface area contributed by atoms with Gasteiger partial charge in [-0.3, -0.25) is 4.79 Å². The third-order valence-corrected chi connectivity index (χ3v) is 3.19. The first-order valence-corrected chi connectivity index (χ1v) is 6.06. The first-order chi connectivity index (χ1) is 8.92. The van der Waals surface area contributed by atoms with Crippen molar-refractivity contribution in [3.8, 4) is 5.75 Å². The lowest BCUT2D eigenvalue weighted by Crippen LogP contribution is -2.43. The molecule has 2 rings (SSSR count). The van der Waals surface area contributed by atoms with Crippen LogP contribution in [0.15, 0.2) is 24.3 Å². The summed E-state index contributed by atoms with van der Waals surface area (Å²) in [5.41, 5.74) is 5.49. The number of amides is 1. The quantitative estimate of drug-likeness (QED) is 0.878. The van der Waals surface area contributed by atoms with Crippen LogP contribution in [0.4, 0.5) is 8.78 Å². The topological polar surface area (TPSA) is 64.4 Å². The zero-order valence-electron chi connectivity index (χ0n) is 10.9. The number of para-hydroxylation sites is 1. The summed E-state index contributed by atoms with van der Waals surface area (Å²) in [6.45, 7) is -1.19. The SMILES string of the molecule is CC(NC(=O)C1(N)CC1)c1ccccc1OC(F)F.Cl. The molecule has 1 aromatic carbocycles. The summed E-state index contributed by atoms with van der Waals surface area (Å²) < 4.78 is 29.0. The molecule has 20 heavy (non-hydrogen) atoms. The molecule has 112 valence electrons. The van der Waals surface area contributed by atoms with Gasteiger partial charge in [-0.05, 0) is 25.8 Å². The molecule has 1 atom stereocenters. The van der Waals surface area contributed by atoms with Gasteiger partial charge in [0.25, 0.3) is 0 Å². The van der Waals surface area contributed by atoms with Crippen LogP contribution in [0.5, 0.6) is 5.75 Å². The number of benzene rings is 1. The van der Waals surface area contributed by atoms with Crippen LogP contribution in [0, 0.1) is 0 Å². The van der Waals surface area contributed by atoms with Gasteiger partial charge >= 0.3 is 6.61 Å². The van der Waals surface area contributed by atoms with Crippen LogP contribution in [-0.2, 0) is 4.79 Å². The normalized spacial score (nSPS) is 17.1. The van der Waals surface area contributed by atoms with Gasteiger partial charge < -0.3 is 15.8 Å². The van der Waals surface area contributed by atoms with E-state index in [0.29, 0.717) is 18.4 Å². The Morgan fingerprint density at radius 1 is 1.40 bits per heavy atom. The second-order valence-electron chi connectivity index (χ2n) is 4.77. The molecule has 0 saturated heterocycles. The number of ether oxygens (including phenoxy) is 1. The molecule has 1 amide bonds. The average molecular weight is 307 g/mol. The highest BCUT2D eigenvalue weighted by atomic mass is 35.5. The minimum absolute atomic E-state index is 0. The molecule has 4 nitrogen and oxygen atoms in total. The Labute approximate surface area is 122 Å². The molecule has 1 aliphatic rings. The minimum Gasteiger partial charge on any atom is -0.434 e. The van der Waals surface area contributed by atoms with Crippen LogP contribution in [0.2, 0.25) is 0 Å². The number of nitrogens with two attached hydrogens (primary N) is 1. The maximum Gasteiger partial charge on any atom is 0.387 e. The summed E-state index contributed by atoms with van der Waals surface area (Å²) in [7, 11) is 0. The molecule has 7 heteroatoms. The molecule has 3 N–H and O–H groups in total. The van der Waals surface area contributed by atoms with Crippen LogP contribution < -0.4 is 15.8 Å². The number of nitrogens with one attached hydrogen (secondary N) is 1. The zero-order chi connectivity index (χ0) is 14.0. The van der Waals surface area contributed by atoms with Crippen molar-refractivity contribution >= 4 is 18.3 Å². The maximum absolute atomic E-state index is 12.3. The molecule has 1 aromatic rings. The lowest BCUT2D eigenvalue weighted by molar-refractivity contribution is -0.123. The van der Waals surface area contributed by atoms with Gasteiger partial charge in [-0.1, -0.05) is 18.2 Å². The van der Waals surface area contributed by atoms with Crippen LogP contribution in [0.3, 0.4) is 0 Å². The molecular formula is C13H17ClF2N2O2. The Balaban J connectivity index is 0.00000200. The molecule has 0 radical (unpaired) electrons. The highest BCUT2D eigenvalue weighted by molar-refractivity contribution is 5.89. The summed E-state index contributed by atoms with van der Waals surface area (Å²) in [6.07, 6.45) is 1.31. The van der Waals surface area contributed by atoms with Gasteiger partial charge in [0, 0.05) is 5.56 Å². The van der Waals surface area contributed by atoms with E-state index in [1.54, 1.807) is 25.1 Å². The van der Waals surface area contributed by atoms with Gasteiger partial charge in [-0.2, -0.15) is 8.78 Å².